The Morgan fingerprint density at radius 1 is 1.33 bits per heavy atom. The third kappa shape index (κ3) is 3.61. The molecule has 1 aromatic heterocycles. The number of nitrogens with one attached hydrogen (secondary N) is 1. The minimum Gasteiger partial charge on any atom is -0.360 e. The molecule has 0 bridgehead atoms. The van der Waals surface area contributed by atoms with Crippen LogP contribution in [0.15, 0.2) is 33.7 Å². The van der Waals surface area contributed by atoms with Crippen molar-refractivity contribution in [3.05, 3.63) is 41.3 Å². The Morgan fingerprint density at radius 3 is 2.46 bits per heavy atom. The number of hydrogen-bond donors (Lipinski definition) is 1. The molecule has 0 aliphatic rings. The SMILES string of the molecule is Cc1noc(C)c1S(=O)(=O)N(C)CC(=O)Nc1ccc(C#N)cc1. The number of nitriles is 1. The fraction of sp³-hybridized carbons (Fsp3) is 0.267. The second-order valence-corrected chi connectivity index (χ2v) is 7.13. The molecule has 24 heavy (non-hydrogen) atoms. The molecule has 0 saturated heterocycles. The summed E-state index contributed by atoms with van der Waals surface area (Å²) < 4.78 is 30.8. The predicted octanol–water partition coefficient (Wildman–Crippen LogP) is 1.42. The van der Waals surface area contributed by atoms with Gasteiger partial charge in [0.25, 0.3) is 0 Å². The molecule has 2 aromatic rings. The molecule has 8 nitrogen and oxygen atoms in total. The second-order valence-electron chi connectivity index (χ2n) is 5.15. The lowest BCUT2D eigenvalue weighted by atomic mass is 10.2. The molecule has 0 spiro atoms. The molecule has 0 aliphatic carbocycles. The van der Waals surface area contributed by atoms with Gasteiger partial charge in [0.2, 0.25) is 15.9 Å². The number of carbonyl (C=O) groups is 1. The number of anilines is 1. The third-order valence-electron chi connectivity index (χ3n) is 3.30. The van der Waals surface area contributed by atoms with Crippen molar-refractivity contribution in [3.63, 3.8) is 0 Å². The van der Waals surface area contributed by atoms with Crippen LogP contribution in [0, 0.1) is 25.2 Å². The molecule has 0 aliphatic heterocycles. The van der Waals surface area contributed by atoms with Crippen LogP contribution in [0.25, 0.3) is 0 Å². The van der Waals surface area contributed by atoms with Gasteiger partial charge in [-0.3, -0.25) is 4.79 Å². The number of nitrogens with zero attached hydrogens (tertiary/aromatic N) is 3. The topological polar surface area (TPSA) is 116 Å². The van der Waals surface area contributed by atoms with Gasteiger partial charge in [-0.2, -0.15) is 9.57 Å². The lowest BCUT2D eigenvalue weighted by Gasteiger charge is -2.16. The zero-order valence-corrected chi connectivity index (χ0v) is 14.2. The third-order valence-corrected chi connectivity index (χ3v) is 5.35. The van der Waals surface area contributed by atoms with Crippen LogP contribution in [0.1, 0.15) is 17.0 Å². The fourth-order valence-electron chi connectivity index (χ4n) is 2.11. The van der Waals surface area contributed by atoms with Crippen LogP contribution in [-0.2, 0) is 14.8 Å². The van der Waals surface area contributed by atoms with Gasteiger partial charge in [0, 0.05) is 12.7 Å². The molecule has 126 valence electrons. The van der Waals surface area contributed by atoms with E-state index in [1.54, 1.807) is 24.3 Å². The summed E-state index contributed by atoms with van der Waals surface area (Å²) in [5, 5.41) is 14.9. The van der Waals surface area contributed by atoms with E-state index in [1.165, 1.54) is 20.9 Å². The molecule has 1 amide bonds. The van der Waals surface area contributed by atoms with E-state index in [1.807, 2.05) is 6.07 Å². The molecule has 0 atom stereocenters. The van der Waals surface area contributed by atoms with E-state index < -0.39 is 15.9 Å². The quantitative estimate of drug-likeness (QED) is 0.873. The summed E-state index contributed by atoms with van der Waals surface area (Å²) in [6, 6.07) is 8.22. The van der Waals surface area contributed by atoms with Crippen LogP contribution >= 0.6 is 0 Å². The van der Waals surface area contributed by atoms with Gasteiger partial charge in [-0.15, -0.1) is 0 Å². The Hall–Kier alpha value is -2.70. The number of benzene rings is 1. The number of aryl methyl sites for hydroxylation is 2. The maximum Gasteiger partial charge on any atom is 0.248 e. The van der Waals surface area contributed by atoms with E-state index in [4.69, 9.17) is 9.78 Å². The Kier molecular flexibility index (Phi) is 5.02. The largest absolute Gasteiger partial charge is 0.360 e. The van der Waals surface area contributed by atoms with Gasteiger partial charge >= 0.3 is 0 Å². The first-order chi connectivity index (χ1) is 11.3. The summed E-state index contributed by atoms with van der Waals surface area (Å²) in [5.74, 6) is -0.329. The highest BCUT2D eigenvalue weighted by Crippen LogP contribution is 2.22. The molecule has 1 aromatic carbocycles. The molecule has 0 radical (unpaired) electrons. The van der Waals surface area contributed by atoms with Crippen molar-refractivity contribution in [3.8, 4) is 6.07 Å². The highest BCUT2D eigenvalue weighted by atomic mass is 32.2. The molecular formula is C15H16N4O4S. The zero-order valence-electron chi connectivity index (χ0n) is 13.4. The first-order valence-corrected chi connectivity index (χ1v) is 8.39. The van der Waals surface area contributed by atoms with Crippen molar-refractivity contribution in [1.82, 2.24) is 9.46 Å². The standard InChI is InChI=1S/C15H16N4O4S/c1-10-15(11(2)23-18-10)24(21,22)19(3)9-14(20)17-13-6-4-12(8-16)5-7-13/h4-7H,9H2,1-3H3,(H,17,20). The van der Waals surface area contributed by atoms with Crippen molar-refractivity contribution in [2.45, 2.75) is 18.7 Å². The highest BCUT2D eigenvalue weighted by molar-refractivity contribution is 7.89. The Labute approximate surface area is 139 Å². The number of sulfonamides is 1. The highest BCUT2D eigenvalue weighted by Gasteiger charge is 2.29. The first kappa shape index (κ1) is 17.7. The Morgan fingerprint density at radius 2 is 1.96 bits per heavy atom. The van der Waals surface area contributed by atoms with Gasteiger partial charge in [-0.05, 0) is 38.1 Å². The maximum absolute atomic E-state index is 12.5. The normalized spacial score (nSPS) is 11.3. The fourth-order valence-corrected chi connectivity index (χ4v) is 3.52. The predicted molar refractivity (Wildman–Crippen MR) is 85.6 cm³/mol. The lowest BCUT2D eigenvalue weighted by molar-refractivity contribution is -0.116. The second kappa shape index (κ2) is 6.82. The van der Waals surface area contributed by atoms with E-state index >= 15 is 0 Å². The van der Waals surface area contributed by atoms with Gasteiger partial charge in [0.1, 0.15) is 10.6 Å². The van der Waals surface area contributed by atoms with Crippen molar-refractivity contribution in [2.75, 3.05) is 18.9 Å². The number of carbonyl (C=O) groups excluding carboxylic acids is 1. The minimum absolute atomic E-state index is 0.0313. The summed E-state index contributed by atoms with van der Waals surface area (Å²) in [4.78, 5) is 12.0. The van der Waals surface area contributed by atoms with E-state index in [0.717, 1.165) is 4.31 Å². The van der Waals surface area contributed by atoms with Crippen LogP contribution in [0.3, 0.4) is 0 Å². The summed E-state index contributed by atoms with van der Waals surface area (Å²) in [6.07, 6.45) is 0. The Balaban J connectivity index is 2.09. The molecule has 1 heterocycles. The molecule has 9 heteroatoms. The van der Waals surface area contributed by atoms with E-state index in [2.05, 4.69) is 10.5 Å². The van der Waals surface area contributed by atoms with Crippen molar-refractivity contribution >= 4 is 21.6 Å². The van der Waals surface area contributed by atoms with Crippen LogP contribution in [-0.4, -0.2) is 37.4 Å². The van der Waals surface area contributed by atoms with Crippen molar-refractivity contribution in [1.29, 1.82) is 5.26 Å². The molecule has 2 rings (SSSR count). The maximum atomic E-state index is 12.5. The zero-order chi connectivity index (χ0) is 17.9. The minimum atomic E-state index is -3.88. The van der Waals surface area contributed by atoms with Crippen LogP contribution in [0.4, 0.5) is 5.69 Å². The number of hydrogen-bond acceptors (Lipinski definition) is 6. The van der Waals surface area contributed by atoms with Gasteiger partial charge in [0.05, 0.1) is 18.2 Å². The number of aromatic nitrogens is 1. The number of amides is 1. The molecular weight excluding hydrogens is 332 g/mol. The number of likely N-dealkylation sites (N-methyl/N-ethyl adjacent to an activating group) is 1. The summed E-state index contributed by atoms with van der Waals surface area (Å²) in [6.45, 7) is 2.65. The lowest BCUT2D eigenvalue weighted by Crippen LogP contribution is -2.35. The van der Waals surface area contributed by atoms with E-state index in [9.17, 15) is 13.2 Å². The Bertz CT molecular complexity index is 875. The van der Waals surface area contributed by atoms with Gasteiger partial charge in [-0.1, -0.05) is 5.16 Å². The summed E-state index contributed by atoms with van der Waals surface area (Å²) in [5.41, 5.74) is 1.18. The van der Waals surface area contributed by atoms with E-state index in [-0.39, 0.29) is 22.9 Å². The van der Waals surface area contributed by atoms with Gasteiger partial charge in [-0.25, -0.2) is 8.42 Å². The van der Waals surface area contributed by atoms with Crippen molar-refractivity contribution in [2.24, 2.45) is 0 Å². The smallest absolute Gasteiger partial charge is 0.248 e. The van der Waals surface area contributed by atoms with Crippen LogP contribution in [0.2, 0.25) is 0 Å². The molecule has 0 fully saturated rings. The number of rotatable bonds is 5. The van der Waals surface area contributed by atoms with E-state index in [0.29, 0.717) is 11.3 Å². The monoisotopic (exact) mass is 348 g/mol. The average Bonchev–Trinajstić information content (AvgIpc) is 2.87. The first-order valence-electron chi connectivity index (χ1n) is 6.95. The summed E-state index contributed by atoms with van der Waals surface area (Å²) in [7, 11) is -2.58. The molecule has 0 saturated carbocycles. The van der Waals surface area contributed by atoms with Crippen LogP contribution in [0.5, 0.6) is 0 Å². The average molecular weight is 348 g/mol. The van der Waals surface area contributed by atoms with Crippen LogP contribution < -0.4 is 5.32 Å². The van der Waals surface area contributed by atoms with Gasteiger partial charge < -0.3 is 9.84 Å². The van der Waals surface area contributed by atoms with Gasteiger partial charge in [0.15, 0.2) is 5.76 Å². The summed E-state index contributed by atoms with van der Waals surface area (Å²) >= 11 is 0. The molecule has 1 N–H and O–H groups in total. The van der Waals surface area contributed by atoms with Crippen molar-refractivity contribution < 1.29 is 17.7 Å². The molecule has 0 unspecified atom stereocenters.